The first-order chi connectivity index (χ1) is 9.08. The van der Waals surface area contributed by atoms with Crippen LogP contribution in [0.5, 0.6) is 5.75 Å². The predicted octanol–water partition coefficient (Wildman–Crippen LogP) is 2.92. The molecule has 4 nitrogen and oxygen atoms in total. The SMILES string of the molecule is COc1ccc(-n2nc(C)c(C(=O)CCl)c2C)cc1. The number of ether oxygens (including phenoxy) is 1. The van der Waals surface area contributed by atoms with Crippen LogP contribution in [0.25, 0.3) is 5.69 Å². The molecule has 0 saturated carbocycles. The molecule has 1 heterocycles. The van der Waals surface area contributed by atoms with Gasteiger partial charge in [0, 0.05) is 0 Å². The summed E-state index contributed by atoms with van der Waals surface area (Å²) in [5.41, 5.74) is 2.98. The lowest BCUT2D eigenvalue weighted by Gasteiger charge is -2.06. The molecule has 0 aliphatic rings. The van der Waals surface area contributed by atoms with Crippen LogP contribution in [0.15, 0.2) is 24.3 Å². The van der Waals surface area contributed by atoms with Crippen molar-refractivity contribution in [3.63, 3.8) is 0 Å². The van der Waals surface area contributed by atoms with Crippen molar-refractivity contribution >= 4 is 17.4 Å². The van der Waals surface area contributed by atoms with Gasteiger partial charge in [0.25, 0.3) is 0 Å². The smallest absolute Gasteiger partial charge is 0.181 e. The van der Waals surface area contributed by atoms with Gasteiger partial charge < -0.3 is 4.74 Å². The van der Waals surface area contributed by atoms with Gasteiger partial charge in [-0.25, -0.2) is 4.68 Å². The van der Waals surface area contributed by atoms with Crippen LogP contribution >= 0.6 is 11.6 Å². The molecule has 1 aromatic carbocycles. The van der Waals surface area contributed by atoms with Gasteiger partial charge in [-0.2, -0.15) is 5.10 Å². The molecule has 0 spiro atoms. The van der Waals surface area contributed by atoms with E-state index in [1.54, 1.807) is 11.8 Å². The summed E-state index contributed by atoms with van der Waals surface area (Å²) in [6, 6.07) is 7.50. The third kappa shape index (κ3) is 2.49. The first-order valence-electron chi connectivity index (χ1n) is 5.88. The summed E-state index contributed by atoms with van der Waals surface area (Å²) in [5, 5.41) is 4.40. The number of benzene rings is 1. The number of carbonyl (C=O) groups is 1. The zero-order valence-electron chi connectivity index (χ0n) is 11.1. The van der Waals surface area contributed by atoms with Crippen LogP contribution in [-0.4, -0.2) is 28.6 Å². The Kier molecular flexibility index (Phi) is 3.90. The molecule has 2 rings (SSSR count). The summed E-state index contributed by atoms with van der Waals surface area (Å²) in [6.45, 7) is 3.68. The number of halogens is 1. The Balaban J connectivity index is 2.48. The molecule has 2 aromatic rings. The summed E-state index contributed by atoms with van der Waals surface area (Å²) in [4.78, 5) is 11.8. The van der Waals surface area contributed by atoms with E-state index in [1.807, 2.05) is 38.1 Å². The highest BCUT2D eigenvalue weighted by Crippen LogP contribution is 2.20. The number of aromatic nitrogens is 2. The maximum Gasteiger partial charge on any atom is 0.181 e. The van der Waals surface area contributed by atoms with E-state index in [0.29, 0.717) is 11.3 Å². The topological polar surface area (TPSA) is 44.1 Å². The zero-order valence-corrected chi connectivity index (χ0v) is 11.9. The second kappa shape index (κ2) is 5.45. The van der Waals surface area contributed by atoms with Crippen molar-refractivity contribution in [2.75, 3.05) is 13.0 Å². The molecule has 0 bridgehead atoms. The molecule has 0 aliphatic heterocycles. The Morgan fingerprint density at radius 2 is 1.95 bits per heavy atom. The molecule has 0 aliphatic carbocycles. The van der Waals surface area contributed by atoms with Gasteiger partial charge >= 0.3 is 0 Å². The second-order valence-electron chi connectivity index (χ2n) is 4.21. The van der Waals surface area contributed by atoms with E-state index in [2.05, 4.69) is 5.10 Å². The van der Waals surface area contributed by atoms with E-state index >= 15 is 0 Å². The summed E-state index contributed by atoms with van der Waals surface area (Å²) in [6.07, 6.45) is 0. The minimum absolute atomic E-state index is 0.0318. The third-order valence-electron chi connectivity index (χ3n) is 3.01. The molecule has 0 N–H and O–H groups in total. The van der Waals surface area contributed by atoms with E-state index in [1.165, 1.54) is 0 Å². The molecule has 19 heavy (non-hydrogen) atoms. The van der Waals surface area contributed by atoms with Crippen molar-refractivity contribution in [3.8, 4) is 11.4 Å². The van der Waals surface area contributed by atoms with Crippen LogP contribution in [0.4, 0.5) is 0 Å². The molecule has 0 atom stereocenters. The number of alkyl halides is 1. The summed E-state index contributed by atoms with van der Waals surface area (Å²) < 4.78 is 6.86. The number of rotatable bonds is 4. The minimum Gasteiger partial charge on any atom is -0.497 e. The fraction of sp³-hybridized carbons (Fsp3) is 0.286. The predicted molar refractivity (Wildman–Crippen MR) is 74.6 cm³/mol. The summed E-state index contributed by atoms with van der Waals surface area (Å²) in [7, 11) is 1.62. The van der Waals surface area contributed by atoms with Crippen molar-refractivity contribution in [1.82, 2.24) is 9.78 Å². The Hall–Kier alpha value is -1.81. The van der Waals surface area contributed by atoms with Crippen molar-refractivity contribution in [2.24, 2.45) is 0 Å². The number of hydrogen-bond acceptors (Lipinski definition) is 3. The average Bonchev–Trinajstić information content (AvgIpc) is 2.73. The summed E-state index contributed by atoms with van der Waals surface area (Å²) >= 11 is 5.62. The maximum atomic E-state index is 11.8. The number of methoxy groups -OCH3 is 1. The Labute approximate surface area is 116 Å². The molecular formula is C14H15ClN2O2. The Morgan fingerprint density at radius 1 is 1.32 bits per heavy atom. The molecule has 0 unspecified atom stereocenters. The molecule has 0 amide bonds. The van der Waals surface area contributed by atoms with Crippen molar-refractivity contribution < 1.29 is 9.53 Å². The number of Topliss-reactive ketones (excluding diaryl/α,β-unsaturated/α-hetero) is 1. The lowest BCUT2D eigenvalue weighted by molar-refractivity contribution is 0.102. The van der Waals surface area contributed by atoms with Crippen LogP contribution < -0.4 is 4.74 Å². The molecule has 0 saturated heterocycles. The van der Waals surface area contributed by atoms with Gasteiger partial charge in [0.1, 0.15) is 5.75 Å². The Bertz CT molecular complexity index is 603. The van der Waals surface area contributed by atoms with Gasteiger partial charge in [-0.3, -0.25) is 4.79 Å². The van der Waals surface area contributed by atoms with Crippen LogP contribution in [0.2, 0.25) is 0 Å². The van der Waals surface area contributed by atoms with Crippen LogP contribution in [0.1, 0.15) is 21.7 Å². The van der Waals surface area contributed by atoms with Crippen molar-refractivity contribution in [3.05, 3.63) is 41.2 Å². The van der Waals surface area contributed by atoms with E-state index in [0.717, 1.165) is 17.1 Å². The fourth-order valence-electron chi connectivity index (χ4n) is 2.09. The minimum atomic E-state index is -0.101. The first-order valence-corrected chi connectivity index (χ1v) is 6.41. The highest BCUT2D eigenvalue weighted by Gasteiger charge is 2.18. The molecule has 5 heteroatoms. The van der Waals surface area contributed by atoms with Gasteiger partial charge in [-0.1, -0.05) is 0 Å². The number of carbonyl (C=O) groups excluding carboxylic acids is 1. The van der Waals surface area contributed by atoms with Gasteiger partial charge in [0.05, 0.1) is 35.6 Å². The third-order valence-corrected chi connectivity index (χ3v) is 3.25. The number of hydrogen-bond donors (Lipinski definition) is 0. The number of nitrogens with zero attached hydrogens (tertiary/aromatic N) is 2. The van der Waals surface area contributed by atoms with Gasteiger partial charge in [-0.05, 0) is 38.1 Å². The first kappa shape index (κ1) is 13.6. The quantitative estimate of drug-likeness (QED) is 0.638. The second-order valence-corrected chi connectivity index (χ2v) is 4.48. The largest absolute Gasteiger partial charge is 0.497 e. The highest BCUT2D eigenvalue weighted by molar-refractivity contribution is 6.30. The fourth-order valence-corrected chi connectivity index (χ4v) is 2.22. The normalized spacial score (nSPS) is 10.5. The number of ketones is 1. The summed E-state index contributed by atoms with van der Waals surface area (Å²) in [5.74, 6) is 0.648. The van der Waals surface area contributed by atoms with Gasteiger partial charge in [0.2, 0.25) is 0 Å². The standard InChI is InChI=1S/C14H15ClN2O2/c1-9-14(13(18)8-15)10(2)17(16-9)11-4-6-12(19-3)7-5-11/h4-7H,8H2,1-3H3. The molecule has 100 valence electrons. The van der Waals surface area contributed by atoms with Crippen LogP contribution in [0, 0.1) is 13.8 Å². The maximum absolute atomic E-state index is 11.8. The molecule has 1 aromatic heterocycles. The van der Waals surface area contributed by atoms with Crippen LogP contribution in [-0.2, 0) is 0 Å². The molecular weight excluding hydrogens is 264 g/mol. The molecule has 0 fully saturated rings. The average molecular weight is 279 g/mol. The lowest BCUT2D eigenvalue weighted by Crippen LogP contribution is -2.04. The van der Waals surface area contributed by atoms with Crippen molar-refractivity contribution in [2.45, 2.75) is 13.8 Å². The Morgan fingerprint density at radius 3 is 2.47 bits per heavy atom. The van der Waals surface area contributed by atoms with E-state index in [-0.39, 0.29) is 11.7 Å². The van der Waals surface area contributed by atoms with Gasteiger partial charge in [-0.15, -0.1) is 11.6 Å². The lowest BCUT2D eigenvalue weighted by atomic mass is 10.1. The van der Waals surface area contributed by atoms with E-state index in [4.69, 9.17) is 16.3 Å². The monoisotopic (exact) mass is 278 g/mol. The highest BCUT2D eigenvalue weighted by atomic mass is 35.5. The number of aryl methyl sites for hydroxylation is 1. The van der Waals surface area contributed by atoms with E-state index < -0.39 is 0 Å². The van der Waals surface area contributed by atoms with Gasteiger partial charge in [0.15, 0.2) is 5.78 Å². The van der Waals surface area contributed by atoms with E-state index in [9.17, 15) is 4.79 Å². The van der Waals surface area contributed by atoms with Crippen molar-refractivity contribution in [1.29, 1.82) is 0 Å². The zero-order chi connectivity index (χ0) is 14.0. The molecule has 0 radical (unpaired) electrons. The van der Waals surface area contributed by atoms with Crippen LogP contribution in [0.3, 0.4) is 0 Å².